The summed E-state index contributed by atoms with van der Waals surface area (Å²) in [6, 6.07) is 6.34. The first-order chi connectivity index (χ1) is 9.08. The first-order valence-corrected chi connectivity index (χ1v) is 6.40. The topological polar surface area (TPSA) is 29.5 Å². The predicted octanol–water partition coefficient (Wildman–Crippen LogP) is 2.48. The van der Waals surface area contributed by atoms with Crippen LogP contribution in [0.5, 0.6) is 0 Å². The second-order valence-electron chi connectivity index (χ2n) is 4.79. The Morgan fingerprint density at radius 3 is 3.00 bits per heavy atom. The van der Waals surface area contributed by atoms with Crippen molar-refractivity contribution in [2.24, 2.45) is 0 Å². The van der Waals surface area contributed by atoms with E-state index in [0.717, 1.165) is 11.1 Å². The van der Waals surface area contributed by atoms with E-state index in [0.29, 0.717) is 19.8 Å². The molecular formula is C15H18FNO2. The molecule has 0 aromatic heterocycles. The molecule has 1 aromatic rings. The summed E-state index contributed by atoms with van der Waals surface area (Å²) in [7, 11) is 0. The minimum absolute atomic E-state index is 0.0439. The van der Waals surface area contributed by atoms with Crippen LogP contribution in [-0.4, -0.2) is 36.6 Å². The molecule has 0 unspecified atom stereocenters. The van der Waals surface area contributed by atoms with Gasteiger partial charge in [0.2, 0.25) is 5.91 Å². The maximum Gasteiger partial charge on any atom is 0.247 e. The van der Waals surface area contributed by atoms with Gasteiger partial charge in [-0.15, -0.1) is 0 Å². The van der Waals surface area contributed by atoms with Crippen LogP contribution in [0.4, 0.5) is 4.39 Å². The van der Waals surface area contributed by atoms with Gasteiger partial charge in [-0.3, -0.25) is 4.79 Å². The van der Waals surface area contributed by atoms with Gasteiger partial charge in [-0.25, -0.2) is 4.39 Å². The number of carbonyl (C=O) groups is 1. The van der Waals surface area contributed by atoms with E-state index in [9.17, 15) is 9.18 Å². The molecule has 0 N–H and O–H groups in total. The van der Waals surface area contributed by atoms with Crippen molar-refractivity contribution < 1.29 is 13.9 Å². The molecule has 4 heteroatoms. The van der Waals surface area contributed by atoms with Gasteiger partial charge in [-0.1, -0.05) is 12.1 Å². The lowest BCUT2D eigenvalue weighted by molar-refractivity contribution is -0.133. The smallest absolute Gasteiger partial charge is 0.247 e. The van der Waals surface area contributed by atoms with Crippen molar-refractivity contribution in [2.75, 3.05) is 19.8 Å². The van der Waals surface area contributed by atoms with Gasteiger partial charge in [0.1, 0.15) is 5.82 Å². The number of rotatable bonds is 2. The number of morpholine rings is 1. The summed E-state index contributed by atoms with van der Waals surface area (Å²) in [5.74, 6) is -0.338. The van der Waals surface area contributed by atoms with E-state index < -0.39 is 0 Å². The number of nitrogens with zero attached hydrogens (tertiary/aromatic N) is 1. The maximum absolute atomic E-state index is 13.1. The van der Waals surface area contributed by atoms with Crippen LogP contribution >= 0.6 is 0 Å². The zero-order valence-corrected chi connectivity index (χ0v) is 11.2. The van der Waals surface area contributed by atoms with E-state index in [-0.39, 0.29) is 17.8 Å². The van der Waals surface area contributed by atoms with Crippen molar-refractivity contribution in [1.82, 2.24) is 4.90 Å². The molecule has 102 valence electrons. The molecule has 1 aliphatic heterocycles. The second-order valence-corrected chi connectivity index (χ2v) is 4.79. The molecule has 0 bridgehead atoms. The molecule has 1 amide bonds. The Morgan fingerprint density at radius 1 is 1.53 bits per heavy atom. The maximum atomic E-state index is 13.1. The molecule has 1 heterocycles. The summed E-state index contributed by atoms with van der Waals surface area (Å²) < 4.78 is 18.4. The van der Waals surface area contributed by atoms with Crippen molar-refractivity contribution in [3.8, 4) is 0 Å². The number of benzene rings is 1. The van der Waals surface area contributed by atoms with E-state index in [2.05, 4.69) is 0 Å². The monoisotopic (exact) mass is 263 g/mol. The molecule has 2 rings (SSSR count). The van der Waals surface area contributed by atoms with Crippen molar-refractivity contribution in [3.05, 3.63) is 41.7 Å². The molecule has 0 radical (unpaired) electrons. The van der Waals surface area contributed by atoms with Crippen molar-refractivity contribution in [2.45, 2.75) is 19.9 Å². The SMILES string of the molecule is C/C(=C/C(=O)N1CCOC[C@H]1C)c1cccc(F)c1. The van der Waals surface area contributed by atoms with Crippen LogP contribution < -0.4 is 0 Å². The molecule has 0 aliphatic carbocycles. The molecule has 1 saturated heterocycles. The zero-order valence-electron chi connectivity index (χ0n) is 11.2. The summed E-state index contributed by atoms with van der Waals surface area (Å²) in [5.41, 5.74) is 1.50. The lowest BCUT2D eigenvalue weighted by Gasteiger charge is -2.32. The van der Waals surface area contributed by atoms with Gasteiger partial charge in [0, 0.05) is 12.6 Å². The number of carbonyl (C=O) groups excluding carboxylic acids is 1. The molecular weight excluding hydrogens is 245 g/mol. The standard InChI is InChI=1S/C15H18FNO2/c1-11(13-4-3-5-14(16)9-13)8-15(18)17-6-7-19-10-12(17)2/h3-5,8-9,12H,6-7,10H2,1-2H3/b11-8-/t12-/m1/s1. The molecule has 1 aromatic carbocycles. The Labute approximate surface area is 112 Å². The lowest BCUT2D eigenvalue weighted by Crippen LogP contribution is -2.46. The summed E-state index contributed by atoms with van der Waals surface area (Å²) in [6.45, 7) is 5.52. The highest BCUT2D eigenvalue weighted by Gasteiger charge is 2.22. The van der Waals surface area contributed by atoms with Gasteiger partial charge in [0.25, 0.3) is 0 Å². The molecule has 3 nitrogen and oxygen atoms in total. The van der Waals surface area contributed by atoms with E-state index >= 15 is 0 Å². The van der Waals surface area contributed by atoms with Crippen LogP contribution in [0.25, 0.3) is 5.57 Å². The first-order valence-electron chi connectivity index (χ1n) is 6.40. The second kappa shape index (κ2) is 5.97. The summed E-state index contributed by atoms with van der Waals surface area (Å²) >= 11 is 0. The van der Waals surface area contributed by atoms with Crippen molar-refractivity contribution in [3.63, 3.8) is 0 Å². The fourth-order valence-corrected chi connectivity index (χ4v) is 2.14. The molecule has 0 spiro atoms. The predicted molar refractivity (Wildman–Crippen MR) is 72.0 cm³/mol. The Hall–Kier alpha value is -1.68. The van der Waals surface area contributed by atoms with Crippen LogP contribution in [0, 0.1) is 5.82 Å². The quantitative estimate of drug-likeness (QED) is 0.767. The largest absolute Gasteiger partial charge is 0.377 e. The molecule has 19 heavy (non-hydrogen) atoms. The molecule has 1 aliphatic rings. The van der Waals surface area contributed by atoms with E-state index in [1.165, 1.54) is 12.1 Å². The van der Waals surface area contributed by atoms with Crippen LogP contribution in [0.3, 0.4) is 0 Å². The number of amides is 1. The summed E-state index contributed by atoms with van der Waals surface area (Å²) in [5, 5.41) is 0. The number of hydrogen-bond donors (Lipinski definition) is 0. The number of allylic oxidation sites excluding steroid dienone is 1. The highest BCUT2D eigenvalue weighted by molar-refractivity contribution is 5.95. The Kier molecular flexibility index (Phi) is 4.32. The fraction of sp³-hybridized carbons (Fsp3) is 0.400. The van der Waals surface area contributed by atoms with Gasteiger partial charge in [0.15, 0.2) is 0 Å². The average Bonchev–Trinajstić information content (AvgIpc) is 2.39. The third kappa shape index (κ3) is 3.41. The fourth-order valence-electron chi connectivity index (χ4n) is 2.14. The summed E-state index contributed by atoms with van der Waals surface area (Å²) in [6.07, 6.45) is 1.57. The zero-order chi connectivity index (χ0) is 13.8. The lowest BCUT2D eigenvalue weighted by atomic mass is 10.1. The highest BCUT2D eigenvalue weighted by Crippen LogP contribution is 2.16. The van der Waals surface area contributed by atoms with Gasteiger partial charge in [-0.05, 0) is 37.1 Å². The Bertz CT molecular complexity index is 499. The number of halogens is 1. The van der Waals surface area contributed by atoms with Crippen molar-refractivity contribution in [1.29, 1.82) is 0 Å². The average molecular weight is 263 g/mol. The van der Waals surface area contributed by atoms with Gasteiger partial charge in [0.05, 0.1) is 19.3 Å². The molecule has 0 saturated carbocycles. The third-order valence-corrected chi connectivity index (χ3v) is 3.27. The third-order valence-electron chi connectivity index (χ3n) is 3.27. The van der Waals surface area contributed by atoms with Crippen LogP contribution in [0.15, 0.2) is 30.3 Å². The minimum Gasteiger partial charge on any atom is -0.377 e. The molecule has 1 fully saturated rings. The van der Waals surface area contributed by atoms with Crippen LogP contribution in [0.2, 0.25) is 0 Å². The number of ether oxygens (including phenoxy) is 1. The van der Waals surface area contributed by atoms with Gasteiger partial charge in [-0.2, -0.15) is 0 Å². The van der Waals surface area contributed by atoms with E-state index in [1.807, 2.05) is 13.8 Å². The highest BCUT2D eigenvalue weighted by atomic mass is 19.1. The molecule has 1 atom stereocenters. The van der Waals surface area contributed by atoms with Crippen molar-refractivity contribution >= 4 is 11.5 Å². The van der Waals surface area contributed by atoms with E-state index in [4.69, 9.17) is 4.74 Å². The summed E-state index contributed by atoms with van der Waals surface area (Å²) in [4.78, 5) is 14.0. The van der Waals surface area contributed by atoms with Crippen LogP contribution in [0.1, 0.15) is 19.4 Å². The van der Waals surface area contributed by atoms with Gasteiger partial charge >= 0.3 is 0 Å². The first kappa shape index (κ1) is 13.7. The Morgan fingerprint density at radius 2 is 2.32 bits per heavy atom. The minimum atomic E-state index is -0.294. The van der Waals surface area contributed by atoms with Crippen LogP contribution in [-0.2, 0) is 9.53 Å². The normalized spacial score (nSPS) is 20.5. The van der Waals surface area contributed by atoms with Gasteiger partial charge < -0.3 is 9.64 Å². The van der Waals surface area contributed by atoms with E-state index in [1.54, 1.807) is 23.1 Å². The Balaban J connectivity index is 2.13. The number of hydrogen-bond acceptors (Lipinski definition) is 2.